The van der Waals surface area contributed by atoms with Gasteiger partial charge in [-0.25, -0.2) is 4.39 Å². The Bertz CT molecular complexity index is 1120. The molecule has 7 heteroatoms. The van der Waals surface area contributed by atoms with Gasteiger partial charge in [-0.05, 0) is 62.1 Å². The van der Waals surface area contributed by atoms with Crippen LogP contribution in [0.25, 0.3) is 0 Å². The smallest absolute Gasteiger partial charge is 0.224 e. The van der Waals surface area contributed by atoms with Gasteiger partial charge in [0.1, 0.15) is 11.6 Å². The molecule has 1 fully saturated rings. The van der Waals surface area contributed by atoms with Crippen molar-refractivity contribution in [1.29, 1.82) is 0 Å². The normalized spacial score (nSPS) is 15.3. The van der Waals surface area contributed by atoms with E-state index in [9.17, 15) is 9.18 Å². The van der Waals surface area contributed by atoms with Crippen LogP contribution in [0.5, 0.6) is 5.75 Å². The summed E-state index contributed by atoms with van der Waals surface area (Å²) in [7, 11) is 0. The van der Waals surface area contributed by atoms with Gasteiger partial charge in [0.05, 0.1) is 18.4 Å². The van der Waals surface area contributed by atoms with Crippen LogP contribution in [0.15, 0.2) is 54.6 Å². The summed E-state index contributed by atoms with van der Waals surface area (Å²) in [5, 5.41) is 4.48. The Kier molecular flexibility index (Phi) is 8.53. The van der Waals surface area contributed by atoms with Gasteiger partial charge in [-0.1, -0.05) is 30.3 Å². The van der Waals surface area contributed by atoms with Crippen molar-refractivity contribution in [2.75, 3.05) is 19.8 Å². The van der Waals surface area contributed by atoms with Gasteiger partial charge in [-0.15, -0.1) is 0 Å². The summed E-state index contributed by atoms with van der Waals surface area (Å²) in [6.45, 7) is 6.72. The van der Waals surface area contributed by atoms with Crippen LogP contribution >= 0.6 is 0 Å². The number of benzene rings is 2. The minimum Gasteiger partial charge on any atom is -0.493 e. The SMILES string of the molecule is Cc1cc(C)n(CCC(=O)N(Cc2cccc(OCCc3ccccc3F)c2)C[C@@H]2CCCO2)n1. The molecule has 2 aromatic carbocycles. The van der Waals surface area contributed by atoms with Gasteiger partial charge < -0.3 is 14.4 Å². The van der Waals surface area contributed by atoms with Gasteiger partial charge in [0, 0.05) is 44.8 Å². The maximum absolute atomic E-state index is 13.9. The topological polar surface area (TPSA) is 56.6 Å². The maximum atomic E-state index is 13.9. The molecule has 186 valence electrons. The van der Waals surface area contributed by atoms with Gasteiger partial charge in [0.25, 0.3) is 0 Å². The van der Waals surface area contributed by atoms with Crippen molar-refractivity contribution in [2.24, 2.45) is 0 Å². The molecule has 1 saturated heterocycles. The van der Waals surface area contributed by atoms with Crippen molar-refractivity contribution in [3.05, 3.63) is 82.9 Å². The average molecular weight is 480 g/mol. The molecule has 1 atom stereocenters. The quantitative estimate of drug-likeness (QED) is 0.394. The van der Waals surface area contributed by atoms with Crippen LogP contribution < -0.4 is 4.74 Å². The number of carbonyl (C=O) groups excluding carboxylic acids is 1. The summed E-state index contributed by atoms with van der Waals surface area (Å²) < 4.78 is 27.5. The first-order chi connectivity index (χ1) is 17.0. The highest BCUT2D eigenvalue weighted by Crippen LogP contribution is 2.19. The fourth-order valence-electron chi connectivity index (χ4n) is 4.48. The molecule has 1 amide bonds. The summed E-state index contributed by atoms with van der Waals surface area (Å²) in [4.78, 5) is 15.1. The molecule has 0 unspecified atom stereocenters. The number of nitrogens with zero attached hydrogens (tertiary/aromatic N) is 3. The number of hydrogen-bond donors (Lipinski definition) is 0. The number of halogens is 1. The van der Waals surface area contributed by atoms with Crippen LogP contribution in [-0.2, 0) is 29.0 Å². The lowest BCUT2D eigenvalue weighted by atomic mass is 10.1. The summed E-state index contributed by atoms with van der Waals surface area (Å²) >= 11 is 0. The van der Waals surface area contributed by atoms with E-state index >= 15 is 0 Å². The van der Waals surface area contributed by atoms with E-state index in [2.05, 4.69) is 5.10 Å². The molecule has 0 aliphatic carbocycles. The first-order valence-electron chi connectivity index (χ1n) is 12.3. The summed E-state index contributed by atoms with van der Waals surface area (Å²) in [5.41, 5.74) is 3.64. The summed E-state index contributed by atoms with van der Waals surface area (Å²) in [6.07, 6.45) is 2.96. The van der Waals surface area contributed by atoms with Gasteiger partial charge >= 0.3 is 0 Å². The first kappa shape index (κ1) is 24.9. The second kappa shape index (κ2) is 12.0. The highest BCUT2D eigenvalue weighted by Gasteiger charge is 2.23. The fourth-order valence-corrected chi connectivity index (χ4v) is 4.48. The molecule has 1 aliphatic rings. The molecule has 0 radical (unpaired) electrons. The van der Waals surface area contributed by atoms with Crippen LogP contribution in [0.1, 0.15) is 41.8 Å². The standard InChI is InChI=1S/C28H34FN3O3/c1-21-17-22(2)32(30-21)14-12-28(33)31(20-26-10-6-15-34-26)19-23-7-5-9-25(18-23)35-16-13-24-8-3-4-11-27(24)29/h3-5,7-9,11,17-18,26H,6,10,12-16,19-20H2,1-2H3/t26-/m0/s1. The third-order valence-corrected chi connectivity index (χ3v) is 6.31. The van der Waals surface area contributed by atoms with Crippen LogP contribution in [-0.4, -0.2) is 46.5 Å². The highest BCUT2D eigenvalue weighted by molar-refractivity contribution is 5.76. The number of aryl methyl sites for hydroxylation is 3. The lowest BCUT2D eigenvalue weighted by Gasteiger charge is -2.26. The van der Waals surface area contributed by atoms with Crippen LogP contribution in [0.3, 0.4) is 0 Å². The van der Waals surface area contributed by atoms with E-state index in [0.29, 0.717) is 50.4 Å². The van der Waals surface area contributed by atoms with Crippen molar-refractivity contribution in [3.8, 4) is 5.75 Å². The molecule has 0 bridgehead atoms. The second-order valence-electron chi connectivity index (χ2n) is 9.15. The Hall–Kier alpha value is -3.19. The maximum Gasteiger partial charge on any atom is 0.224 e. The fraction of sp³-hybridized carbons (Fsp3) is 0.429. The summed E-state index contributed by atoms with van der Waals surface area (Å²) in [5.74, 6) is 0.582. The molecule has 0 spiro atoms. The molecular formula is C28H34FN3O3. The Balaban J connectivity index is 1.37. The first-order valence-corrected chi connectivity index (χ1v) is 12.3. The molecule has 35 heavy (non-hydrogen) atoms. The number of ether oxygens (including phenoxy) is 2. The predicted octanol–water partition coefficient (Wildman–Crippen LogP) is 4.86. The van der Waals surface area contributed by atoms with E-state index in [4.69, 9.17) is 9.47 Å². The molecule has 1 aromatic heterocycles. The zero-order valence-electron chi connectivity index (χ0n) is 20.6. The van der Waals surface area contributed by atoms with Crippen LogP contribution in [0.4, 0.5) is 4.39 Å². The number of carbonyl (C=O) groups is 1. The van der Waals surface area contributed by atoms with E-state index in [0.717, 1.165) is 36.4 Å². The lowest BCUT2D eigenvalue weighted by molar-refractivity contribution is -0.133. The minimum absolute atomic E-state index is 0.0767. The molecule has 4 rings (SSSR count). The zero-order chi connectivity index (χ0) is 24.6. The molecular weight excluding hydrogens is 445 g/mol. The second-order valence-corrected chi connectivity index (χ2v) is 9.15. The van der Waals surface area contributed by atoms with Crippen molar-refractivity contribution < 1.29 is 18.7 Å². The molecule has 0 saturated carbocycles. The van der Waals surface area contributed by atoms with Crippen molar-refractivity contribution in [2.45, 2.75) is 58.7 Å². The third kappa shape index (κ3) is 7.15. The Morgan fingerprint density at radius 1 is 1.20 bits per heavy atom. The molecule has 1 aliphatic heterocycles. The third-order valence-electron chi connectivity index (χ3n) is 6.31. The van der Waals surface area contributed by atoms with Crippen LogP contribution in [0.2, 0.25) is 0 Å². The largest absolute Gasteiger partial charge is 0.493 e. The van der Waals surface area contributed by atoms with Crippen molar-refractivity contribution >= 4 is 5.91 Å². The van der Waals surface area contributed by atoms with Gasteiger partial charge in [0.2, 0.25) is 5.91 Å². The minimum atomic E-state index is -0.214. The van der Waals surface area contributed by atoms with Crippen molar-refractivity contribution in [1.82, 2.24) is 14.7 Å². The lowest BCUT2D eigenvalue weighted by Crippen LogP contribution is -2.37. The molecule has 2 heterocycles. The average Bonchev–Trinajstić information content (AvgIpc) is 3.47. The molecule has 3 aromatic rings. The number of rotatable bonds is 11. The van der Waals surface area contributed by atoms with E-state index < -0.39 is 0 Å². The van der Waals surface area contributed by atoms with E-state index in [1.807, 2.05) is 59.8 Å². The predicted molar refractivity (Wildman–Crippen MR) is 133 cm³/mol. The monoisotopic (exact) mass is 479 g/mol. The van der Waals surface area contributed by atoms with Crippen molar-refractivity contribution in [3.63, 3.8) is 0 Å². The molecule has 6 nitrogen and oxygen atoms in total. The number of amides is 1. The number of hydrogen-bond acceptors (Lipinski definition) is 4. The van der Waals surface area contributed by atoms with Gasteiger partial charge in [-0.3, -0.25) is 9.48 Å². The Morgan fingerprint density at radius 2 is 2.06 bits per heavy atom. The Labute approximate surface area is 206 Å². The van der Waals surface area contributed by atoms with Crippen LogP contribution in [0, 0.1) is 19.7 Å². The van der Waals surface area contributed by atoms with E-state index in [1.165, 1.54) is 6.07 Å². The Morgan fingerprint density at radius 3 is 2.80 bits per heavy atom. The van der Waals surface area contributed by atoms with E-state index in [-0.39, 0.29) is 17.8 Å². The van der Waals surface area contributed by atoms with E-state index in [1.54, 1.807) is 12.1 Å². The number of aromatic nitrogens is 2. The highest BCUT2D eigenvalue weighted by atomic mass is 19.1. The molecule has 0 N–H and O–H groups in total. The summed E-state index contributed by atoms with van der Waals surface area (Å²) in [6, 6.07) is 16.5. The van der Waals surface area contributed by atoms with Gasteiger partial charge in [0.15, 0.2) is 0 Å². The van der Waals surface area contributed by atoms with Gasteiger partial charge in [-0.2, -0.15) is 5.10 Å². The zero-order valence-corrected chi connectivity index (χ0v) is 20.6.